The fourth-order valence-electron chi connectivity index (χ4n) is 2.12. The van der Waals surface area contributed by atoms with Crippen molar-refractivity contribution in [1.82, 2.24) is 5.32 Å². The Morgan fingerprint density at radius 3 is 2.33 bits per heavy atom. The van der Waals surface area contributed by atoms with E-state index < -0.39 is 15.7 Å². The predicted octanol–water partition coefficient (Wildman–Crippen LogP) is 3.12. The van der Waals surface area contributed by atoms with E-state index in [2.05, 4.69) is 5.32 Å². The Morgan fingerprint density at radius 2 is 1.75 bits per heavy atom. The summed E-state index contributed by atoms with van der Waals surface area (Å²) in [7, 11) is -3.25. The maximum Gasteiger partial charge on any atom is 0.244 e. The molecule has 1 atom stereocenters. The van der Waals surface area contributed by atoms with Crippen LogP contribution in [0.15, 0.2) is 59.5 Å². The summed E-state index contributed by atoms with van der Waals surface area (Å²) in [6.07, 6.45) is 3.81. The molecular formula is C18H18FNO3S. The van der Waals surface area contributed by atoms with Gasteiger partial charge in [-0.15, -0.1) is 0 Å². The molecule has 1 amide bonds. The fourth-order valence-corrected chi connectivity index (χ4v) is 2.75. The van der Waals surface area contributed by atoms with Crippen LogP contribution in [-0.2, 0) is 14.6 Å². The minimum absolute atomic E-state index is 0.226. The van der Waals surface area contributed by atoms with Crippen molar-refractivity contribution in [3.05, 3.63) is 71.6 Å². The first kappa shape index (κ1) is 17.9. The Kier molecular flexibility index (Phi) is 5.51. The smallest absolute Gasteiger partial charge is 0.244 e. The first-order valence-corrected chi connectivity index (χ1v) is 9.19. The molecule has 0 saturated heterocycles. The zero-order chi connectivity index (χ0) is 17.7. The number of rotatable bonds is 5. The molecule has 0 spiro atoms. The molecule has 0 bridgehead atoms. The van der Waals surface area contributed by atoms with Gasteiger partial charge < -0.3 is 5.32 Å². The standard InChI is InChI=1S/C18H18FNO3S/c1-13(14-7-10-16(11-8-14)24(2,22)23)20-18(21)12-9-15-5-3-4-6-17(15)19/h3-13H,1-2H3,(H,20,21)/b12-9+. The minimum Gasteiger partial charge on any atom is -0.346 e. The van der Waals surface area contributed by atoms with E-state index in [0.717, 1.165) is 11.8 Å². The monoisotopic (exact) mass is 347 g/mol. The van der Waals surface area contributed by atoms with Crippen molar-refractivity contribution < 1.29 is 17.6 Å². The van der Waals surface area contributed by atoms with Crippen molar-refractivity contribution in [2.45, 2.75) is 17.9 Å². The molecule has 0 radical (unpaired) electrons. The summed E-state index contributed by atoms with van der Waals surface area (Å²) < 4.78 is 36.3. The molecule has 0 aliphatic carbocycles. The topological polar surface area (TPSA) is 63.2 Å². The van der Waals surface area contributed by atoms with E-state index in [-0.39, 0.29) is 16.8 Å². The molecule has 24 heavy (non-hydrogen) atoms. The highest BCUT2D eigenvalue weighted by atomic mass is 32.2. The molecular weight excluding hydrogens is 329 g/mol. The van der Waals surface area contributed by atoms with Crippen LogP contribution >= 0.6 is 0 Å². The zero-order valence-corrected chi connectivity index (χ0v) is 14.2. The zero-order valence-electron chi connectivity index (χ0n) is 13.4. The second-order valence-corrected chi connectivity index (χ2v) is 7.44. The Bertz CT molecular complexity index is 858. The summed E-state index contributed by atoms with van der Waals surface area (Å²) in [5, 5.41) is 2.75. The summed E-state index contributed by atoms with van der Waals surface area (Å²) >= 11 is 0. The second kappa shape index (κ2) is 7.40. The normalized spacial score (nSPS) is 13.0. The van der Waals surface area contributed by atoms with Gasteiger partial charge in [-0.1, -0.05) is 30.3 Å². The molecule has 2 aromatic carbocycles. The van der Waals surface area contributed by atoms with Crippen molar-refractivity contribution in [1.29, 1.82) is 0 Å². The lowest BCUT2D eigenvalue weighted by Crippen LogP contribution is -2.24. The average molecular weight is 347 g/mol. The summed E-state index contributed by atoms with van der Waals surface area (Å²) in [5.41, 5.74) is 1.10. The molecule has 1 unspecified atom stereocenters. The van der Waals surface area contributed by atoms with Crippen LogP contribution in [0.2, 0.25) is 0 Å². The Morgan fingerprint density at radius 1 is 1.12 bits per heavy atom. The van der Waals surface area contributed by atoms with E-state index in [1.165, 1.54) is 30.4 Å². The van der Waals surface area contributed by atoms with Gasteiger partial charge in [0.05, 0.1) is 10.9 Å². The highest BCUT2D eigenvalue weighted by Gasteiger charge is 2.10. The van der Waals surface area contributed by atoms with Crippen molar-refractivity contribution >= 4 is 21.8 Å². The number of nitrogens with one attached hydrogen (secondary N) is 1. The Balaban J connectivity index is 2.02. The third kappa shape index (κ3) is 4.76. The molecule has 126 valence electrons. The molecule has 2 rings (SSSR count). The van der Waals surface area contributed by atoms with E-state index in [1.54, 1.807) is 37.3 Å². The van der Waals surface area contributed by atoms with Gasteiger partial charge in [0.2, 0.25) is 5.91 Å². The van der Waals surface area contributed by atoms with Gasteiger partial charge in [-0.2, -0.15) is 0 Å². The van der Waals surface area contributed by atoms with Gasteiger partial charge in [0, 0.05) is 17.9 Å². The molecule has 0 heterocycles. The third-order valence-electron chi connectivity index (χ3n) is 3.49. The van der Waals surface area contributed by atoms with Crippen LogP contribution in [0.5, 0.6) is 0 Å². The van der Waals surface area contributed by atoms with Crippen LogP contribution in [-0.4, -0.2) is 20.6 Å². The predicted molar refractivity (Wildman–Crippen MR) is 91.5 cm³/mol. The highest BCUT2D eigenvalue weighted by Crippen LogP contribution is 2.16. The molecule has 4 nitrogen and oxygen atoms in total. The maximum atomic E-state index is 13.5. The van der Waals surface area contributed by atoms with Crippen LogP contribution in [0, 0.1) is 5.82 Å². The first-order valence-electron chi connectivity index (χ1n) is 7.30. The quantitative estimate of drug-likeness (QED) is 0.845. The van der Waals surface area contributed by atoms with Gasteiger partial charge in [0.15, 0.2) is 9.84 Å². The van der Waals surface area contributed by atoms with Crippen LogP contribution in [0.25, 0.3) is 6.08 Å². The average Bonchev–Trinajstić information content (AvgIpc) is 2.53. The minimum atomic E-state index is -3.25. The number of amides is 1. The fraction of sp³-hybridized carbons (Fsp3) is 0.167. The van der Waals surface area contributed by atoms with Crippen LogP contribution in [0.3, 0.4) is 0 Å². The number of hydrogen-bond acceptors (Lipinski definition) is 3. The van der Waals surface area contributed by atoms with Gasteiger partial charge in [0.25, 0.3) is 0 Å². The lowest BCUT2D eigenvalue weighted by molar-refractivity contribution is -0.117. The van der Waals surface area contributed by atoms with Gasteiger partial charge in [-0.25, -0.2) is 12.8 Å². The first-order chi connectivity index (χ1) is 11.3. The summed E-state index contributed by atoms with van der Waals surface area (Å²) in [6, 6.07) is 12.2. The molecule has 0 aromatic heterocycles. The van der Waals surface area contributed by atoms with E-state index in [0.29, 0.717) is 5.56 Å². The number of hydrogen-bond donors (Lipinski definition) is 1. The van der Waals surface area contributed by atoms with Crippen molar-refractivity contribution in [2.75, 3.05) is 6.26 Å². The number of benzene rings is 2. The molecule has 1 N–H and O–H groups in total. The van der Waals surface area contributed by atoms with Gasteiger partial charge in [-0.3, -0.25) is 4.79 Å². The van der Waals surface area contributed by atoms with E-state index >= 15 is 0 Å². The van der Waals surface area contributed by atoms with E-state index in [9.17, 15) is 17.6 Å². The maximum absolute atomic E-state index is 13.5. The van der Waals surface area contributed by atoms with E-state index in [4.69, 9.17) is 0 Å². The van der Waals surface area contributed by atoms with Crippen LogP contribution in [0.4, 0.5) is 4.39 Å². The molecule has 0 aliphatic heterocycles. The van der Waals surface area contributed by atoms with Crippen molar-refractivity contribution in [3.63, 3.8) is 0 Å². The highest BCUT2D eigenvalue weighted by molar-refractivity contribution is 7.90. The van der Waals surface area contributed by atoms with Crippen molar-refractivity contribution in [3.8, 4) is 0 Å². The third-order valence-corrected chi connectivity index (χ3v) is 4.61. The summed E-state index contributed by atoms with van der Waals surface area (Å²) in [6.45, 7) is 1.78. The Labute approximate surface area is 140 Å². The molecule has 0 aliphatic rings. The molecule has 0 fully saturated rings. The number of sulfone groups is 1. The van der Waals surface area contributed by atoms with Gasteiger partial charge in [-0.05, 0) is 36.8 Å². The molecule has 0 saturated carbocycles. The van der Waals surface area contributed by atoms with Crippen LogP contribution < -0.4 is 5.32 Å². The van der Waals surface area contributed by atoms with Crippen molar-refractivity contribution in [2.24, 2.45) is 0 Å². The SMILES string of the molecule is CC(NC(=O)/C=C/c1ccccc1F)c1ccc(S(C)(=O)=O)cc1. The lowest BCUT2D eigenvalue weighted by Gasteiger charge is -2.13. The number of halogens is 1. The Hall–Kier alpha value is -2.47. The largest absolute Gasteiger partial charge is 0.346 e. The van der Waals surface area contributed by atoms with Crippen LogP contribution in [0.1, 0.15) is 24.1 Å². The lowest BCUT2D eigenvalue weighted by atomic mass is 10.1. The molecule has 2 aromatic rings. The number of carbonyl (C=O) groups excluding carboxylic acids is 1. The molecule has 6 heteroatoms. The second-order valence-electron chi connectivity index (χ2n) is 5.43. The number of carbonyl (C=O) groups is 1. The van der Waals surface area contributed by atoms with E-state index in [1.807, 2.05) is 0 Å². The van der Waals surface area contributed by atoms with Gasteiger partial charge >= 0.3 is 0 Å². The summed E-state index contributed by atoms with van der Waals surface area (Å²) in [5.74, 6) is -0.760. The van der Waals surface area contributed by atoms with Gasteiger partial charge in [0.1, 0.15) is 5.82 Å². The summed E-state index contributed by atoms with van der Waals surface area (Å²) in [4.78, 5) is 12.1.